The van der Waals surface area contributed by atoms with E-state index in [0.717, 1.165) is 0 Å². The zero-order valence-electron chi connectivity index (χ0n) is 10.4. The van der Waals surface area contributed by atoms with Gasteiger partial charge in [0.05, 0.1) is 0 Å². The van der Waals surface area contributed by atoms with Crippen molar-refractivity contribution in [2.45, 2.75) is 18.0 Å². The molecule has 9 heteroatoms. The van der Waals surface area contributed by atoms with E-state index in [2.05, 4.69) is 15.9 Å². The predicted octanol–water partition coefficient (Wildman–Crippen LogP) is 4.62. The molecule has 0 bridgehead atoms. The van der Waals surface area contributed by atoms with Gasteiger partial charge in [-0.25, -0.2) is 0 Å². The summed E-state index contributed by atoms with van der Waals surface area (Å²) in [4.78, 5) is 0. The lowest BCUT2D eigenvalue weighted by Gasteiger charge is -2.33. The molecule has 0 saturated heterocycles. The topological polar surface area (TPSA) is 40.5 Å². The molecule has 0 spiro atoms. The van der Waals surface area contributed by atoms with Crippen LogP contribution in [0.2, 0.25) is 0 Å². The monoisotopic (exact) mass is 388 g/mol. The summed E-state index contributed by atoms with van der Waals surface area (Å²) in [7, 11) is 0. The van der Waals surface area contributed by atoms with Crippen LogP contribution in [0.5, 0.6) is 5.75 Å². The lowest BCUT2D eigenvalue weighted by Crippen LogP contribution is -2.54. The molecule has 120 valence electrons. The van der Waals surface area contributed by atoms with Gasteiger partial charge < -0.3 is 10.2 Å². The second-order valence-corrected chi connectivity index (χ2v) is 5.30. The predicted molar refractivity (Wildman–Crippen MR) is 69.3 cm³/mol. The van der Waals surface area contributed by atoms with Crippen molar-refractivity contribution in [1.82, 2.24) is 0 Å². The first kappa shape index (κ1) is 16.9. The highest BCUT2D eigenvalue weighted by atomic mass is 79.9. The molecular formula is C13H7BrF6O2. The maximum atomic E-state index is 12.9. The molecule has 0 aliphatic rings. The molecule has 0 heterocycles. The first-order valence-corrected chi connectivity index (χ1v) is 6.47. The van der Waals surface area contributed by atoms with Gasteiger partial charge in [0.2, 0.25) is 0 Å². The van der Waals surface area contributed by atoms with E-state index in [1.54, 1.807) is 0 Å². The molecule has 0 aromatic heterocycles. The summed E-state index contributed by atoms with van der Waals surface area (Å²) in [5.41, 5.74) is -6.64. The molecule has 2 N–H and O–H groups in total. The Bertz CT molecular complexity index is 709. The zero-order chi connectivity index (χ0) is 16.9. The summed E-state index contributed by atoms with van der Waals surface area (Å²) in [6, 6.07) is 5.62. The van der Waals surface area contributed by atoms with Crippen LogP contribution >= 0.6 is 15.9 Å². The fourth-order valence-corrected chi connectivity index (χ4v) is 2.80. The van der Waals surface area contributed by atoms with Gasteiger partial charge in [-0.05, 0) is 27.4 Å². The minimum Gasteiger partial charge on any atom is -0.507 e. The standard InChI is InChI=1S/C13H7BrF6O2/c14-10-7-4-2-1-3-6(7)9(21)5-8(10)11(22,12(15,16)17)13(18,19)20/h1-5,21-22H. The Morgan fingerprint density at radius 3 is 1.77 bits per heavy atom. The minimum atomic E-state index is -6.03. The zero-order valence-corrected chi connectivity index (χ0v) is 12.0. The quantitative estimate of drug-likeness (QED) is 0.699. The van der Waals surface area contributed by atoms with E-state index in [0.29, 0.717) is 0 Å². The second kappa shape index (κ2) is 5.02. The van der Waals surface area contributed by atoms with Crippen molar-refractivity contribution in [3.63, 3.8) is 0 Å². The van der Waals surface area contributed by atoms with Gasteiger partial charge in [0.15, 0.2) is 0 Å². The van der Waals surface area contributed by atoms with E-state index < -0.39 is 33.7 Å². The van der Waals surface area contributed by atoms with Crippen molar-refractivity contribution in [2.75, 3.05) is 0 Å². The van der Waals surface area contributed by atoms with Gasteiger partial charge in [0.25, 0.3) is 5.60 Å². The van der Waals surface area contributed by atoms with Gasteiger partial charge in [-0.15, -0.1) is 0 Å². The van der Waals surface area contributed by atoms with Gasteiger partial charge in [0.1, 0.15) is 5.75 Å². The Morgan fingerprint density at radius 2 is 1.32 bits per heavy atom. The number of aromatic hydroxyl groups is 1. The van der Waals surface area contributed by atoms with E-state index in [9.17, 15) is 36.6 Å². The number of aliphatic hydroxyl groups is 1. The lowest BCUT2D eigenvalue weighted by molar-refractivity contribution is -0.376. The Kier molecular flexibility index (Phi) is 3.85. The third-order valence-corrected chi connectivity index (χ3v) is 4.02. The number of benzene rings is 2. The van der Waals surface area contributed by atoms with E-state index in [1.165, 1.54) is 24.3 Å². The fourth-order valence-electron chi connectivity index (χ4n) is 2.05. The van der Waals surface area contributed by atoms with Crippen molar-refractivity contribution < 1.29 is 36.6 Å². The van der Waals surface area contributed by atoms with Crippen molar-refractivity contribution in [1.29, 1.82) is 0 Å². The highest BCUT2D eigenvalue weighted by molar-refractivity contribution is 9.10. The molecule has 0 radical (unpaired) electrons. The molecule has 0 aliphatic heterocycles. The van der Waals surface area contributed by atoms with Crippen LogP contribution < -0.4 is 0 Å². The minimum absolute atomic E-state index is 0.0461. The van der Waals surface area contributed by atoms with Crippen LogP contribution in [0.25, 0.3) is 10.8 Å². The Labute approximate surface area is 128 Å². The molecular weight excluding hydrogens is 382 g/mol. The average molecular weight is 389 g/mol. The van der Waals surface area contributed by atoms with Crippen molar-refractivity contribution in [2.24, 2.45) is 0 Å². The Hall–Kier alpha value is -1.48. The van der Waals surface area contributed by atoms with Crippen molar-refractivity contribution >= 4 is 26.7 Å². The number of phenolic OH excluding ortho intramolecular Hbond substituents is 1. The van der Waals surface area contributed by atoms with Gasteiger partial charge in [-0.1, -0.05) is 24.3 Å². The van der Waals surface area contributed by atoms with Crippen LogP contribution in [0, 0.1) is 0 Å². The molecule has 2 aromatic carbocycles. The molecule has 0 atom stereocenters. The second-order valence-electron chi connectivity index (χ2n) is 4.51. The van der Waals surface area contributed by atoms with Crippen LogP contribution in [0.15, 0.2) is 34.8 Å². The van der Waals surface area contributed by atoms with Crippen molar-refractivity contribution in [3.8, 4) is 5.75 Å². The summed E-state index contributed by atoms with van der Waals surface area (Å²) < 4.78 is 77.0. The van der Waals surface area contributed by atoms with Crippen molar-refractivity contribution in [3.05, 3.63) is 40.4 Å². The molecule has 2 nitrogen and oxygen atoms in total. The van der Waals surface area contributed by atoms with Crippen LogP contribution in [0.1, 0.15) is 5.56 Å². The first-order chi connectivity index (χ1) is 9.91. The normalized spacial score (nSPS) is 13.6. The third kappa shape index (κ3) is 2.32. The summed E-state index contributed by atoms with van der Waals surface area (Å²) in [6.07, 6.45) is -12.1. The van der Waals surface area contributed by atoms with Gasteiger partial charge in [-0.2, -0.15) is 26.3 Å². The Balaban J connectivity index is 2.91. The molecule has 0 aliphatic carbocycles. The number of rotatable bonds is 1. The molecule has 0 saturated carbocycles. The van der Waals surface area contributed by atoms with E-state index in [-0.39, 0.29) is 16.8 Å². The SMILES string of the molecule is Oc1cc(C(O)(C(F)(F)F)C(F)(F)F)c(Br)c2ccccc12. The number of hydrogen-bond donors (Lipinski definition) is 2. The summed E-state index contributed by atoms with van der Waals surface area (Å²) in [6.45, 7) is 0. The van der Waals surface area contributed by atoms with Crippen LogP contribution in [-0.2, 0) is 5.60 Å². The summed E-state index contributed by atoms with van der Waals surface area (Å²) in [5, 5.41) is 19.1. The molecule has 2 aromatic rings. The first-order valence-electron chi connectivity index (χ1n) is 5.67. The van der Waals surface area contributed by atoms with E-state index >= 15 is 0 Å². The average Bonchev–Trinajstić information content (AvgIpc) is 2.39. The number of hydrogen-bond acceptors (Lipinski definition) is 2. The van der Waals surface area contributed by atoms with Gasteiger partial charge in [-0.3, -0.25) is 0 Å². The number of phenols is 1. The lowest BCUT2D eigenvalue weighted by atomic mass is 9.90. The summed E-state index contributed by atoms with van der Waals surface area (Å²) in [5.74, 6) is -0.805. The maximum absolute atomic E-state index is 12.9. The number of halogens is 7. The van der Waals surface area contributed by atoms with Crippen LogP contribution in [-0.4, -0.2) is 22.6 Å². The molecule has 0 fully saturated rings. The third-order valence-electron chi connectivity index (χ3n) is 3.17. The Morgan fingerprint density at radius 1 is 0.864 bits per heavy atom. The highest BCUT2D eigenvalue weighted by Crippen LogP contribution is 2.53. The fraction of sp³-hybridized carbons (Fsp3) is 0.231. The maximum Gasteiger partial charge on any atom is 0.430 e. The summed E-state index contributed by atoms with van der Waals surface area (Å²) >= 11 is 2.67. The largest absolute Gasteiger partial charge is 0.507 e. The van der Waals surface area contributed by atoms with Crippen LogP contribution in [0.3, 0.4) is 0 Å². The molecule has 0 amide bonds. The number of fused-ring (bicyclic) bond motifs is 1. The van der Waals surface area contributed by atoms with Gasteiger partial charge >= 0.3 is 12.4 Å². The van der Waals surface area contributed by atoms with E-state index in [1.807, 2.05) is 0 Å². The smallest absolute Gasteiger partial charge is 0.430 e. The number of alkyl halides is 6. The molecule has 2 rings (SSSR count). The van der Waals surface area contributed by atoms with Crippen LogP contribution in [0.4, 0.5) is 26.3 Å². The highest BCUT2D eigenvalue weighted by Gasteiger charge is 2.72. The van der Waals surface area contributed by atoms with Gasteiger partial charge in [0, 0.05) is 15.4 Å². The molecule has 22 heavy (non-hydrogen) atoms. The molecule has 0 unspecified atom stereocenters. The van der Waals surface area contributed by atoms with E-state index in [4.69, 9.17) is 0 Å².